The molecule has 0 spiro atoms. The molecule has 1 heterocycles. The van der Waals surface area contributed by atoms with Crippen LogP contribution in [0.2, 0.25) is 0 Å². The predicted octanol–water partition coefficient (Wildman–Crippen LogP) is 5.02. The number of aryl methyl sites for hydroxylation is 1. The predicted molar refractivity (Wildman–Crippen MR) is 120 cm³/mol. The largest absolute Gasteiger partial charge is 0.296 e. The third-order valence-electron chi connectivity index (χ3n) is 6.40. The number of rotatable bonds is 8. The van der Waals surface area contributed by atoms with Gasteiger partial charge in [0.2, 0.25) is 0 Å². The zero-order valence-electron chi connectivity index (χ0n) is 17.8. The summed E-state index contributed by atoms with van der Waals surface area (Å²) in [6.07, 6.45) is 7.40. The van der Waals surface area contributed by atoms with Crippen LogP contribution in [0, 0.1) is 12.8 Å². The lowest BCUT2D eigenvalue weighted by Crippen LogP contribution is -2.31. The summed E-state index contributed by atoms with van der Waals surface area (Å²) >= 11 is 0. The van der Waals surface area contributed by atoms with Crippen LogP contribution in [0.15, 0.2) is 65.7 Å². The first kappa shape index (κ1) is 20.5. The molecule has 0 amide bonds. The normalized spacial score (nSPS) is 21.1. The smallest absolute Gasteiger partial charge is 0.269 e. The van der Waals surface area contributed by atoms with E-state index in [1.807, 2.05) is 13.0 Å². The molecule has 2 fully saturated rings. The zero-order chi connectivity index (χ0) is 21.4. The van der Waals surface area contributed by atoms with Crippen LogP contribution in [0.5, 0.6) is 0 Å². The highest BCUT2D eigenvalue weighted by molar-refractivity contribution is 7.86. The van der Waals surface area contributed by atoms with Crippen LogP contribution in [0.25, 0.3) is 0 Å². The second-order valence-electron chi connectivity index (χ2n) is 9.00. The molecular weight excluding hydrogens is 408 g/mol. The molecule has 2 aromatic carbocycles. The number of benzene rings is 2. The highest BCUT2D eigenvalue weighted by Crippen LogP contribution is 2.43. The topological polar surface area (TPSA) is 61.2 Å². The fourth-order valence-corrected chi connectivity index (χ4v) is 5.27. The van der Waals surface area contributed by atoms with E-state index in [0.717, 1.165) is 24.8 Å². The summed E-state index contributed by atoms with van der Waals surface area (Å²) in [5, 5.41) is 4.95. The SMILES string of the molecule is Cc1ccc(S(=O)(=O)OCC2CC(n3cc(Cc4ccccc4)c(C4CC4)n3)C2)cc1. The Bertz CT molecular complexity index is 1140. The summed E-state index contributed by atoms with van der Waals surface area (Å²) in [7, 11) is -3.69. The van der Waals surface area contributed by atoms with Crippen molar-refractivity contribution in [2.75, 3.05) is 6.61 Å². The first-order chi connectivity index (χ1) is 15.0. The second-order valence-corrected chi connectivity index (χ2v) is 10.6. The highest BCUT2D eigenvalue weighted by Gasteiger charge is 2.35. The van der Waals surface area contributed by atoms with Crippen LogP contribution in [0.3, 0.4) is 0 Å². The number of nitrogens with zero attached hydrogens (tertiary/aromatic N) is 2. The Morgan fingerprint density at radius 1 is 1.03 bits per heavy atom. The molecule has 0 bridgehead atoms. The monoisotopic (exact) mass is 436 g/mol. The second kappa shape index (κ2) is 8.24. The fraction of sp³-hybridized carbons (Fsp3) is 0.400. The van der Waals surface area contributed by atoms with Crippen molar-refractivity contribution in [3.8, 4) is 0 Å². The molecule has 0 unspecified atom stereocenters. The van der Waals surface area contributed by atoms with Crippen molar-refractivity contribution >= 4 is 10.1 Å². The Kier molecular flexibility index (Phi) is 5.44. The Morgan fingerprint density at radius 3 is 2.42 bits per heavy atom. The molecule has 0 saturated heterocycles. The third-order valence-corrected chi connectivity index (χ3v) is 7.69. The van der Waals surface area contributed by atoms with Crippen molar-refractivity contribution < 1.29 is 12.6 Å². The van der Waals surface area contributed by atoms with Gasteiger partial charge in [-0.25, -0.2) is 0 Å². The van der Waals surface area contributed by atoms with Gasteiger partial charge in [-0.1, -0.05) is 48.0 Å². The molecule has 2 aliphatic carbocycles. The molecule has 5 nitrogen and oxygen atoms in total. The minimum Gasteiger partial charge on any atom is -0.269 e. The van der Waals surface area contributed by atoms with Gasteiger partial charge < -0.3 is 0 Å². The average Bonchev–Trinajstić information content (AvgIpc) is 3.49. The number of hydrogen-bond donors (Lipinski definition) is 0. The van der Waals surface area contributed by atoms with Crippen LogP contribution < -0.4 is 0 Å². The Morgan fingerprint density at radius 2 is 1.74 bits per heavy atom. The van der Waals surface area contributed by atoms with E-state index in [-0.39, 0.29) is 17.4 Å². The molecule has 0 radical (unpaired) electrons. The van der Waals surface area contributed by atoms with Crippen molar-refractivity contribution in [2.45, 2.75) is 55.9 Å². The lowest BCUT2D eigenvalue weighted by molar-refractivity contribution is 0.120. The fourth-order valence-electron chi connectivity index (χ4n) is 4.29. The standard InChI is InChI=1S/C25H28N2O3S/c1-18-7-11-24(12-8-18)31(28,29)30-17-20-14-23(15-20)27-16-22(25(26-27)21-9-10-21)13-19-5-3-2-4-6-19/h2-8,11-12,16,20-21,23H,9-10,13-15,17H2,1H3. The van der Waals surface area contributed by atoms with Gasteiger partial charge in [0, 0.05) is 18.5 Å². The minimum atomic E-state index is -3.69. The molecular formula is C25H28N2O3S. The summed E-state index contributed by atoms with van der Waals surface area (Å²) < 4.78 is 32.3. The summed E-state index contributed by atoms with van der Waals surface area (Å²) in [6.45, 7) is 2.17. The first-order valence-corrected chi connectivity index (χ1v) is 12.5. The maximum absolute atomic E-state index is 12.4. The molecule has 0 aliphatic heterocycles. The molecule has 162 valence electrons. The maximum atomic E-state index is 12.4. The summed E-state index contributed by atoms with van der Waals surface area (Å²) in [4.78, 5) is 0.223. The Hall–Kier alpha value is -2.44. The lowest BCUT2D eigenvalue weighted by atomic mass is 9.81. The van der Waals surface area contributed by atoms with Crippen LogP contribution in [-0.2, 0) is 20.7 Å². The number of hydrogen-bond acceptors (Lipinski definition) is 4. The quantitative estimate of drug-likeness (QED) is 0.466. The van der Waals surface area contributed by atoms with Crippen molar-refractivity contribution in [1.29, 1.82) is 0 Å². The maximum Gasteiger partial charge on any atom is 0.296 e. The molecule has 3 aromatic rings. The van der Waals surface area contributed by atoms with Gasteiger partial charge in [-0.2, -0.15) is 13.5 Å². The van der Waals surface area contributed by atoms with Gasteiger partial charge in [-0.3, -0.25) is 8.86 Å². The van der Waals surface area contributed by atoms with Crippen molar-refractivity contribution in [1.82, 2.24) is 9.78 Å². The van der Waals surface area contributed by atoms with Crippen LogP contribution in [0.1, 0.15) is 60.0 Å². The van der Waals surface area contributed by atoms with Crippen molar-refractivity contribution in [3.63, 3.8) is 0 Å². The van der Waals surface area contributed by atoms with E-state index >= 15 is 0 Å². The molecule has 0 atom stereocenters. The van der Waals surface area contributed by atoms with Crippen LogP contribution >= 0.6 is 0 Å². The van der Waals surface area contributed by atoms with Gasteiger partial charge in [0.25, 0.3) is 10.1 Å². The van der Waals surface area contributed by atoms with E-state index in [2.05, 4.69) is 35.1 Å². The van der Waals surface area contributed by atoms with Gasteiger partial charge in [-0.15, -0.1) is 0 Å². The van der Waals surface area contributed by atoms with E-state index < -0.39 is 10.1 Å². The van der Waals surface area contributed by atoms with Crippen LogP contribution in [0.4, 0.5) is 0 Å². The highest BCUT2D eigenvalue weighted by atomic mass is 32.2. The molecule has 2 saturated carbocycles. The molecule has 2 aliphatic rings. The molecule has 0 N–H and O–H groups in total. The summed E-state index contributed by atoms with van der Waals surface area (Å²) in [6, 6.07) is 17.7. The molecule has 31 heavy (non-hydrogen) atoms. The minimum absolute atomic E-state index is 0.223. The summed E-state index contributed by atoms with van der Waals surface area (Å²) in [5.74, 6) is 0.857. The average molecular weight is 437 g/mol. The van der Waals surface area contributed by atoms with E-state index in [1.54, 1.807) is 24.3 Å². The van der Waals surface area contributed by atoms with Gasteiger partial charge in [-0.05, 0) is 61.8 Å². The van der Waals surface area contributed by atoms with Gasteiger partial charge in [0.15, 0.2) is 0 Å². The lowest BCUT2D eigenvalue weighted by Gasteiger charge is -2.35. The van der Waals surface area contributed by atoms with E-state index in [0.29, 0.717) is 12.0 Å². The molecule has 5 rings (SSSR count). The van der Waals surface area contributed by atoms with E-state index in [9.17, 15) is 8.42 Å². The first-order valence-electron chi connectivity index (χ1n) is 11.1. The molecule has 1 aromatic heterocycles. The third kappa shape index (κ3) is 4.60. The molecule has 6 heteroatoms. The van der Waals surface area contributed by atoms with E-state index in [4.69, 9.17) is 9.28 Å². The van der Waals surface area contributed by atoms with Gasteiger partial charge in [0.1, 0.15) is 0 Å². The van der Waals surface area contributed by atoms with E-state index in [1.165, 1.54) is 29.7 Å². The number of aromatic nitrogens is 2. The van der Waals surface area contributed by atoms with Gasteiger partial charge in [0.05, 0.1) is 23.2 Å². The van der Waals surface area contributed by atoms with Crippen molar-refractivity contribution in [2.24, 2.45) is 5.92 Å². The van der Waals surface area contributed by atoms with Crippen molar-refractivity contribution in [3.05, 3.63) is 83.2 Å². The zero-order valence-corrected chi connectivity index (χ0v) is 18.6. The van der Waals surface area contributed by atoms with Gasteiger partial charge >= 0.3 is 0 Å². The Balaban J connectivity index is 1.20. The van der Waals surface area contributed by atoms with Crippen LogP contribution in [-0.4, -0.2) is 24.8 Å². The summed E-state index contributed by atoms with van der Waals surface area (Å²) in [5.41, 5.74) is 4.92. The Labute approximate surface area is 184 Å².